The predicted molar refractivity (Wildman–Crippen MR) is 58.5 cm³/mol. The van der Waals surface area contributed by atoms with Crippen molar-refractivity contribution >= 4 is 0 Å². The second-order valence-corrected chi connectivity index (χ2v) is 4.48. The molecule has 0 aromatic rings. The van der Waals surface area contributed by atoms with Gasteiger partial charge < -0.3 is 0 Å². The second kappa shape index (κ2) is 9.50. The van der Waals surface area contributed by atoms with Crippen LogP contribution in [-0.2, 0) is 0 Å². The van der Waals surface area contributed by atoms with Gasteiger partial charge in [0.1, 0.15) is 0 Å². The van der Waals surface area contributed by atoms with E-state index in [4.69, 9.17) is 0 Å². The Bertz CT molecular complexity index is 189. The standard InChI is InChI=1S/C12H20F6/c13-10(11(14)15)8-6-4-2-1-3-5-7-9-12(16,17)18/h10-11H,1-9H2. The van der Waals surface area contributed by atoms with Gasteiger partial charge in [0.25, 0.3) is 6.43 Å². The molecule has 1 atom stereocenters. The van der Waals surface area contributed by atoms with Crippen LogP contribution in [0, 0.1) is 0 Å². The first-order chi connectivity index (χ1) is 8.33. The van der Waals surface area contributed by atoms with E-state index in [0.29, 0.717) is 25.7 Å². The fourth-order valence-electron chi connectivity index (χ4n) is 1.67. The van der Waals surface area contributed by atoms with Crippen molar-refractivity contribution in [3.8, 4) is 0 Å². The molecule has 0 aliphatic carbocycles. The number of hydrogen-bond acceptors (Lipinski definition) is 0. The molecule has 0 saturated carbocycles. The van der Waals surface area contributed by atoms with Gasteiger partial charge in [-0.1, -0.05) is 38.5 Å². The maximum absolute atomic E-state index is 12.5. The third-order valence-electron chi connectivity index (χ3n) is 2.71. The first-order valence-corrected chi connectivity index (χ1v) is 6.32. The smallest absolute Gasteiger partial charge is 0.241 e. The molecule has 6 heteroatoms. The quantitative estimate of drug-likeness (QED) is 0.357. The van der Waals surface area contributed by atoms with Gasteiger partial charge in [-0.25, -0.2) is 13.2 Å². The van der Waals surface area contributed by atoms with Crippen LogP contribution in [0.5, 0.6) is 0 Å². The average Bonchev–Trinajstić information content (AvgIpc) is 2.24. The van der Waals surface area contributed by atoms with Crippen molar-refractivity contribution in [3.05, 3.63) is 0 Å². The van der Waals surface area contributed by atoms with Gasteiger partial charge in [0.05, 0.1) is 0 Å². The lowest BCUT2D eigenvalue weighted by atomic mass is 10.1. The Morgan fingerprint density at radius 1 is 0.667 bits per heavy atom. The van der Waals surface area contributed by atoms with Crippen molar-refractivity contribution in [1.82, 2.24) is 0 Å². The summed E-state index contributed by atoms with van der Waals surface area (Å²) < 4.78 is 71.3. The lowest BCUT2D eigenvalue weighted by Gasteiger charge is -2.07. The molecule has 0 heterocycles. The zero-order chi connectivity index (χ0) is 14.0. The molecule has 110 valence electrons. The highest BCUT2D eigenvalue weighted by Gasteiger charge is 2.25. The van der Waals surface area contributed by atoms with E-state index in [-0.39, 0.29) is 12.8 Å². The van der Waals surface area contributed by atoms with Gasteiger partial charge in [0.2, 0.25) is 0 Å². The summed E-state index contributed by atoms with van der Waals surface area (Å²) in [6.07, 6.45) is -5.91. The molecule has 0 nitrogen and oxygen atoms in total. The molecule has 0 bridgehead atoms. The van der Waals surface area contributed by atoms with E-state index in [9.17, 15) is 26.3 Å². The normalized spacial score (nSPS) is 14.2. The van der Waals surface area contributed by atoms with Crippen LogP contribution in [0.15, 0.2) is 0 Å². The maximum atomic E-state index is 12.5. The second-order valence-electron chi connectivity index (χ2n) is 4.48. The van der Waals surface area contributed by atoms with Crippen LogP contribution in [0.2, 0.25) is 0 Å². The highest BCUT2D eigenvalue weighted by atomic mass is 19.4. The molecule has 0 N–H and O–H groups in total. The molecular formula is C12H20F6. The molecular weight excluding hydrogens is 258 g/mol. The summed E-state index contributed by atoms with van der Waals surface area (Å²) in [5.74, 6) is 0. The average molecular weight is 278 g/mol. The zero-order valence-corrected chi connectivity index (χ0v) is 10.3. The Labute approximate surface area is 104 Å². The third kappa shape index (κ3) is 12.0. The number of alkyl halides is 6. The molecule has 1 unspecified atom stereocenters. The summed E-state index contributed by atoms with van der Waals surface area (Å²) in [6, 6.07) is 0. The summed E-state index contributed by atoms with van der Waals surface area (Å²) >= 11 is 0. The van der Waals surface area contributed by atoms with Gasteiger partial charge in [-0.05, 0) is 12.8 Å². The van der Waals surface area contributed by atoms with E-state index < -0.39 is 25.2 Å². The molecule has 0 spiro atoms. The van der Waals surface area contributed by atoms with Crippen LogP contribution in [0.1, 0.15) is 57.8 Å². The van der Waals surface area contributed by atoms with E-state index in [1.54, 1.807) is 0 Å². The van der Waals surface area contributed by atoms with Crippen molar-refractivity contribution < 1.29 is 26.3 Å². The van der Waals surface area contributed by atoms with Crippen molar-refractivity contribution in [1.29, 1.82) is 0 Å². The molecule has 0 fully saturated rings. The first kappa shape index (κ1) is 17.6. The van der Waals surface area contributed by atoms with Crippen LogP contribution in [0.3, 0.4) is 0 Å². The minimum atomic E-state index is -4.08. The highest BCUT2D eigenvalue weighted by Crippen LogP contribution is 2.23. The SMILES string of the molecule is FC(F)C(F)CCCCCCCCCC(F)(F)F. The summed E-state index contributed by atoms with van der Waals surface area (Å²) in [6.45, 7) is 0. The van der Waals surface area contributed by atoms with Crippen LogP contribution in [0.25, 0.3) is 0 Å². The Hall–Kier alpha value is -0.420. The fourth-order valence-corrected chi connectivity index (χ4v) is 1.67. The van der Waals surface area contributed by atoms with E-state index in [1.165, 1.54) is 0 Å². The predicted octanol–water partition coefficient (Wildman–Crippen LogP) is 5.66. The number of hydrogen-bond donors (Lipinski definition) is 0. The van der Waals surface area contributed by atoms with Crippen molar-refractivity contribution in [2.45, 2.75) is 76.6 Å². The largest absolute Gasteiger partial charge is 0.389 e. The van der Waals surface area contributed by atoms with E-state index >= 15 is 0 Å². The Morgan fingerprint density at radius 3 is 1.56 bits per heavy atom. The lowest BCUT2D eigenvalue weighted by molar-refractivity contribution is -0.135. The van der Waals surface area contributed by atoms with Gasteiger partial charge in [0, 0.05) is 6.42 Å². The summed E-state index contributed by atoms with van der Waals surface area (Å²) in [7, 11) is 0. The van der Waals surface area contributed by atoms with Gasteiger partial charge in [-0.3, -0.25) is 0 Å². The molecule has 0 saturated heterocycles. The monoisotopic (exact) mass is 278 g/mol. The van der Waals surface area contributed by atoms with E-state index in [0.717, 1.165) is 12.8 Å². The van der Waals surface area contributed by atoms with Gasteiger partial charge >= 0.3 is 6.18 Å². The molecule has 0 aromatic heterocycles. The minimum absolute atomic E-state index is 0.133. The fraction of sp³-hybridized carbons (Fsp3) is 1.00. The molecule has 18 heavy (non-hydrogen) atoms. The van der Waals surface area contributed by atoms with Crippen molar-refractivity contribution in [3.63, 3.8) is 0 Å². The Kier molecular flexibility index (Phi) is 9.28. The van der Waals surface area contributed by atoms with Gasteiger partial charge in [-0.2, -0.15) is 13.2 Å². The van der Waals surface area contributed by atoms with Crippen LogP contribution >= 0.6 is 0 Å². The molecule has 0 radical (unpaired) electrons. The molecule has 0 aromatic carbocycles. The van der Waals surface area contributed by atoms with E-state index in [2.05, 4.69) is 0 Å². The molecule has 0 rings (SSSR count). The Morgan fingerprint density at radius 2 is 1.11 bits per heavy atom. The van der Waals surface area contributed by atoms with E-state index in [1.807, 2.05) is 0 Å². The maximum Gasteiger partial charge on any atom is 0.389 e. The molecule has 0 aliphatic rings. The lowest BCUT2D eigenvalue weighted by Crippen LogP contribution is -2.11. The summed E-state index contributed by atoms with van der Waals surface area (Å²) in [5, 5.41) is 0. The number of halogens is 6. The zero-order valence-electron chi connectivity index (χ0n) is 10.3. The molecule has 0 aliphatic heterocycles. The van der Waals surface area contributed by atoms with Crippen LogP contribution in [0.4, 0.5) is 26.3 Å². The highest BCUT2D eigenvalue weighted by molar-refractivity contribution is 4.58. The van der Waals surface area contributed by atoms with Crippen LogP contribution in [-0.4, -0.2) is 18.8 Å². The Balaban J connectivity index is 3.17. The van der Waals surface area contributed by atoms with Gasteiger partial charge in [-0.15, -0.1) is 0 Å². The summed E-state index contributed by atoms with van der Waals surface area (Å²) in [4.78, 5) is 0. The summed E-state index contributed by atoms with van der Waals surface area (Å²) in [5.41, 5.74) is 0. The number of rotatable bonds is 10. The van der Waals surface area contributed by atoms with Gasteiger partial charge in [0.15, 0.2) is 6.17 Å². The topological polar surface area (TPSA) is 0 Å². The van der Waals surface area contributed by atoms with Crippen molar-refractivity contribution in [2.75, 3.05) is 0 Å². The third-order valence-corrected chi connectivity index (χ3v) is 2.71. The first-order valence-electron chi connectivity index (χ1n) is 6.32. The minimum Gasteiger partial charge on any atom is -0.241 e. The number of unbranched alkanes of at least 4 members (excludes halogenated alkanes) is 6. The van der Waals surface area contributed by atoms with Crippen molar-refractivity contribution in [2.24, 2.45) is 0 Å². The molecule has 0 amide bonds. The van der Waals surface area contributed by atoms with Crippen LogP contribution < -0.4 is 0 Å².